The van der Waals surface area contributed by atoms with Crippen molar-refractivity contribution in [2.45, 2.75) is 34.1 Å². The smallest absolute Gasteiger partial charge is 0 e. The second-order valence-electron chi connectivity index (χ2n) is 0.707. The zero-order valence-electron chi connectivity index (χ0n) is 5.15. The third-order valence-electron chi connectivity index (χ3n) is 0. The number of hydrogen-bond acceptors (Lipinski definition) is 0. The summed E-state index contributed by atoms with van der Waals surface area (Å²) in [4.78, 5) is 0. The Morgan fingerprint density at radius 2 is 1.00 bits per heavy atom. The average molecular weight is 125 g/mol. The topological polar surface area (TPSA) is 0 Å². The van der Waals surface area contributed by atoms with Crippen LogP contribution in [0.4, 0.5) is 0 Å². The Hall–Kier alpha value is 0.584. The molecule has 0 atom stereocenters. The van der Waals surface area contributed by atoms with E-state index in [1.165, 1.54) is 6.42 Å². The van der Waals surface area contributed by atoms with E-state index in [2.05, 4.69) is 13.8 Å². The molecule has 0 aliphatic rings. The molecule has 0 bridgehead atoms. The fourth-order valence-corrected chi connectivity index (χ4v) is 0. The third kappa shape index (κ3) is 172. The first-order valence-corrected chi connectivity index (χ1v) is 2.41. The molecule has 0 aromatic rings. The Bertz CT molecular complexity index is 3.90. The normalized spacial score (nSPS) is 4.00. The van der Waals surface area contributed by atoms with E-state index in [4.69, 9.17) is 0 Å². The van der Waals surface area contributed by atoms with Crippen molar-refractivity contribution < 1.29 is 18.6 Å². The molecular weight excluding hydrogens is 111 g/mol. The zero-order chi connectivity index (χ0) is 4.71. The molecule has 0 spiro atoms. The first kappa shape index (κ1) is 16.0. The first-order chi connectivity index (χ1) is 2.41. The molecule has 0 aliphatic carbocycles. The van der Waals surface area contributed by atoms with E-state index < -0.39 is 0 Å². The maximum atomic E-state index is 2.12. The maximum Gasteiger partial charge on any atom is 0 e. The Kier molecular flexibility index (Phi) is 125. The van der Waals surface area contributed by atoms with E-state index in [0.29, 0.717) is 0 Å². The van der Waals surface area contributed by atoms with Gasteiger partial charge in [-0.1, -0.05) is 34.1 Å². The van der Waals surface area contributed by atoms with Crippen molar-refractivity contribution in [2.24, 2.45) is 0 Å². The number of hydrogen-bond donors (Lipinski definition) is 0. The summed E-state index contributed by atoms with van der Waals surface area (Å²) in [5, 5.41) is 0. The molecular formula is C5H14V. The molecule has 0 amide bonds. The molecule has 1 radical (unpaired) electrons. The first-order valence-electron chi connectivity index (χ1n) is 2.41. The summed E-state index contributed by atoms with van der Waals surface area (Å²) in [6, 6.07) is 0. The summed E-state index contributed by atoms with van der Waals surface area (Å²) in [6.07, 6.45) is 1.25. The second kappa shape index (κ2) is 46.8. The van der Waals surface area contributed by atoms with Gasteiger partial charge in [-0.15, -0.1) is 0 Å². The molecule has 39 valence electrons. The maximum absolute atomic E-state index is 2.12. The molecule has 1 heteroatoms. The van der Waals surface area contributed by atoms with Gasteiger partial charge in [0, 0.05) is 18.6 Å². The largest absolute Gasteiger partial charge is 0.0683 e. The van der Waals surface area contributed by atoms with Gasteiger partial charge in [-0.25, -0.2) is 0 Å². The molecule has 0 unspecified atom stereocenters. The molecule has 0 aromatic heterocycles. The second-order valence-corrected chi connectivity index (χ2v) is 0.707. The van der Waals surface area contributed by atoms with Gasteiger partial charge < -0.3 is 0 Å². The van der Waals surface area contributed by atoms with Crippen LogP contribution in [0.2, 0.25) is 0 Å². The Balaban J connectivity index is -0.0000000275. The summed E-state index contributed by atoms with van der Waals surface area (Å²) >= 11 is 0. The van der Waals surface area contributed by atoms with Gasteiger partial charge >= 0.3 is 0 Å². The van der Waals surface area contributed by atoms with Crippen molar-refractivity contribution in [1.29, 1.82) is 0 Å². The zero-order valence-corrected chi connectivity index (χ0v) is 6.55. The van der Waals surface area contributed by atoms with Gasteiger partial charge in [0.05, 0.1) is 0 Å². The van der Waals surface area contributed by atoms with Crippen LogP contribution in [0.1, 0.15) is 34.1 Å². The van der Waals surface area contributed by atoms with Crippen LogP contribution >= 0.6 is 0 Å². The Labute approximate surface area is 53.2 Å². The summed E-state index contributed by atoms with van der Waals surface area (Å²) in [6.45, 7) is 8.25. The minimum atomic E-state index is 0. The summed E-state index contributed by atoms with van der Waals surface area (Å²) in [7, 11) is 0. The molecule has 0 saturated carbocycles. The molecule has 0 fully saturated rings. The average Bonchev–Trinajstić information content (AvgIpc) is 1.46. The van der Waals surface area contributed by atoms with Crippen molar-refractivity contribution in [2.75, 3.05) is 0 Å². The fourth-order valence-electron chi connectivity index (χ4n) is 0. The Morgan fingerprint density at radius 1 is 1.00 bits per heavy atom. The minimum Gasteiger partial charge on any atom is -0.0683 e. The van der Waals surface area contributed by atoms with Gasteiger partial charge in [0.25, 0.3) is 0 Å². The monoisotopic (exact) mass is 125 g/mol. The van der Waals surface area contributed by atoms with E-state index in [0.717, 1.165) is 0 Å². The SMILES string of the molecule is CC.CCC.[V]. The third-order valence-corrected chi connectivity index (χ3v) is 0. The standard InChI is InChI=1S/C3H8.C2H6.V/c1-3-2;1-2;/h3H2,1-2H3;1-2H3;. The van der Waals surface area contributed by atoms with Gasteiger partial charge in [-0.05, 0) is 0 Å². The van der Waals surface area contributed by atoms with Crippen LogP contribution in [0, 0.1) is 0 Å². The van der Waals surface area contributed by atoms with E-state index in [1.807, 2.05) is 13.8 Å². The predicted molar refractivity (Wildman–Crippen MR) is 27.3 cm³/mol. The van der Waals surface area contributed by atoms with E-state index in [1.54, 1.807) is 0 Å². The van der Waals surface area contributed by atoms with Crippen LogP contribution in [0.3, 0.4) is 0 Å². The van der Waals surface area contributed by atoms with Crippen molar-refractivity contribution in [1.82, 2.24) is 0 Å². The van der Waals surface area contributed by atoms with Gasteiger partial charge in [0.15, 0.2) is 0 Å². The van der Waals surface area contributed by atoms with Crippen LogP contribution < -0.4 is 0 Å². The predicted octanol–water partition coefficient (Wildman–Crippen LogP) is 2.44. The van der Waals surface area contributed by atoms with Crippen molar-refractivity contribution in [3.63, 3.8) is 0 Å². The van der Waals surface area contributed by atoms with Crippen LogP contribution in [0.5, 0.6) is 0 Å². The molecule has 0 rings (SSSR count). The van der Waals surface area contributed by atoms with Crippen LogP contribution in [0.25, 0.3) is 0 Å². The summed E-state index contributed by atoms with van der Waals surface area (Å²) < 4.78 is 0. The quantitative estimate of drug-likeness (QED) is 0.466. The molecule has 0 nitrogen and oxygen atoms in total. The van der Waals surface area contributed by atoms with E-state index >= 15 is 0 Å². The van der Waals surface area contributed by atoms with E-state index in [9.17, 15) is 0 Å². The fraction of sp³-hybridized carbons (Fsp3) is 1.00. The van der Waals surface area contributed by atoms with Crippen LogP contribution in [-0.4, -0.2) is 0 Å². The van der Waals surface area contributed by atoms with Crippen LogP contribution in [0.15, 0.2) is 0 Å². The Morgan fingerprint density at radius 3 is 1.00 bits per heavy atom. The van der Waals surface area contributed by atoms with Gasteiger partial charge in [0.2, 0.25) is 0 Å². The summed E-state index contributed by atoms with van der Waals surface area (Å²) in [5.41, 5.74) is 0. The molecule has 0 aromatic carbocycles. The van der Waals surface area contributed by atoms with Crippen molar-refractivity contribution in [3.05, 3.63) is 0 Å². The number of rotatable bonds is 0. The molecule has 0 aliphatic heterocycles. The molecule has 6 heavy (non-hydrogen) atoms. The van der Waals surface area contributed by atoms with Crippen LogP contribution in [-0.2, 0) is 18.6 Å². The van der Waals surface area contributed by atoms with Gasteiger partial charge in [-0.2, -0.15) is 0 Å². The summed E-state index contributed by atoms with van der Waals surface area (Å²) in [5.74, 6) is 0. The van der Waals surface area contributed by atoms with Gasteiger partial charge in [-0.3, -0.25) is 0 Å². The van der Waals surface area contributed by atoms with E-state index in [-0.39, 0.29) is 18.6 Å². The van der Waals surface area contributed by atoms with Crippen molar-refractivity contribution >= 4 is 0 Å². The molecule has 0 N–H and O–H groups in total. The minimum absolute atomic E-state index is 0. The van der Waals surface area contributed by atoms with Crippen molar-refractivity contribution in [3.8, 4) is 0 Å². The molecule has 0 saturated heterocycles. The van der Waals surface area contributed by atoms with Gasteiger partial charge in [0.1, 0.15) is 0 Å². The molecule has 0 heterocycles.